The molecule has 1 aliphatic heterocycles. The minimum atomic E-state index is -0.306. The molecule has 6 nitrogen and oxygen atoms in total. The van der Waals surface area contributed by atoms with Gasteiger partial charge in [0.1, 0.15) is 0 Å². The van der Waals surface area contributed by atoms with Crippen molar-refractivity contribution in [1.82, 2.24) is 15.1 Å². The van der Waals surface area contributed by atoms with Crippen molar-refractivity contribution in [1.29, 1.82) is 0 Å². The number of rotatable bonds is 10. The fourth-order valence-corrected chi connectivity index (χ4v) is 3.75. The van der Waals surface area contributed by atoms with Gasteiger partial charge in [-0.15, -0.1) is 0 Å². The summed E-state index contributed by atoms with van der Waals surface area (Å²) in [6, 6.07) is 15.1. The normalized spacial score (nSPS) is 13.1. The smallest absolute Gasteiger partial charge is 0.261 e. The lowest BCUT2D eigenvalue weighted by atomic mass is 10.1. The molecular formula is C24H29N3O3. The molecule has 0 bridgehead atoms. The third kappa shape index (κ3) is 4.94. The first-order chi connectivity index (χ1) is 14.5. The summed E-state index contributed by atoms with van der Waals surface area (Å²) < 4.78 is 0. The SMILES string of the molecule is CCN(CCCCCN1C(=O)c2ccc(C(=O)NC)cc2C1=O)Cc1ccccc1. The summed E-state index contributed by atoms with van der Waals surface area (Å²) in [5.74, 6) is -0.842. The van der Waals surface area contributed by atoms with Crippen LogP contribution in [0.2, 0.25) is 0 Å². The van der Waals surface area contributed by atoms with E-state index in [1.165, 1.54) is 23.6 Å². The second-order valence-corrected chi connectivity index (χ2v) is 7.52. The molecule has 0 fully saturated rings. The number of fused-ring (bicyclic) bond motifs is 1. The third-order valence-electron chi connectivity index (χ3n) is 5.51. The van der Waals surface area contributed by atoms with Gasteiger partial charge in [-0.25, -0.2) is 0 Å². The van der Waals surface area contributed by atoms with Crippen molar-refractivity contribution in [3.8, 4) is 0 Å². The van der Waals surface area contributed by atoms with Crippen LogP contribution >= 0.6 is 0 Å². The molecule has 2 aromatic carbocycles. The van der Waals surface area contributed by atoms with E-state index in [1.54, 1.807) is 12.1 Å². The minimum absolute atomic E-state index is 0.266. The van der Waals surface area contributed by atoms with Crippen molar-refractivity contribution < 1.29 is 14.4 Å². The number of nitrogens with zero attached hydrogens (tertiary/aromatic N) is 2. The number of unbranched alkanes of at least 4 members (excludes halogenated alkanes) is 2. The van der Waals surface area contributed by atoms with Crippen LogP contribution in [0.3, 0.4) is 0 Å². The largest absolute Gasteiger partial charge is 0.355 e. The van der Waals surface area contributed by atoms with Crippen molar-refractivity contribution in [2.45, 2.75) is 32.7 Å². The maximum atomic E-state index is 12.7. The topological polar surface area (TPSA) is 69.7 Å². The molecule has 6 heteroatoms. The van der Waals surface area contributed by atoms with Gasteiger partial charge in [-0.1, -0.05) is 43.7 Å². The molecule has 1 N–H and O–H groups in total. The average Bonchev–Trinajstić information content (AvgIpc) is 3.02. The Morgan fingerprint density at radius 1 is 0.967 bits per heavy atom. The van der Waals surface area contributed by atoms with E-state index in [2.05, 4.69) is 41.4 Å². The summed E-state index contributed by atoms with van der Waals surface area (Å²) in [5.41, 5.74) is 2.40. The molecule has 0 saturated carbocycles. The summed E-state index contributed by atoms with van der Waals surface area (Å²) in [6.45, 7) is 5.48. The van der Waals surface area contributed by atoms with Crippen LogP contribution in [0.5, 0.6) is 0 Å². The molecule has 3 amide bonds. The zero-order valence-corrected chi connectivity index (χ0v) is 17.7. The van der Waals surface area contributed by atoms with Crippen LogP contribution in [0.1, 0.15) is 62.8 Å². The van der Waals surface area contributed by atoms with Crippen LogP contribution < -0.4 is 5.32 Å². The average molecular weight is 408 g/mol. The van der Waals surface area contributed by atoms with E-state index in [-0.39, 0.29) is 17.7 Å². The van der Waals surface area contributed by atoms with Gasteiger partial charge in [0, 0.05) is 25.7 Å². The van der Waals surface area contributed by atoms with E-state index in [0.29, 0.717) is 23.2 Å². The quantitative estimate of drug-likeness (QED) is 0.484. The highest BCUT2D eigenvalue weighted by Crippen LogP contribution is 2.24. The Morgan fingerprint density at radius 3 is 2.40 bits per heavy atom. The highest BCUT2D eigenvalue weighted by Gasteiger charge is 2.35. The van der Waals surface area contributed by atoms with Gasteiger partial charge in [0.05, 0.1) is 11.1 Å². The van der Waals surface area contributed by atoms with Crippen LogP contribution in [0.15, 0.2) is 48.5 Å². The number of imide groups is 1. The van der Waals surface area contributed by atoms with Crippen molar-refractivity contribution in [2.24, 2.45) is 0 Å². The Kier molecular flexibility index (Phi) is 7.36. The molecule has 0 radical (unpaired) electrons. The Hall–Kier alpha value is -2.99. The number of nitrogens with one attached hydrogen (secondary N) is 1. The van der Waals surface area contributed by atoms with E-state index in [0.717, 1.165) is 38.9 Å². The van der Waals surface area contributed by atoms with Crippen LogP contribution in [-0.4, -0.2) is 54.2 Å². The van der Waals surface area contributed by atoms with Gasteiger partial charge < -0.3 is 5.32 Å². The number of carbonyl (C=O) groups excluding carboxylic acids is 3. The monoisotopic (exact) mass is 407 g/mol. The summed E-state index contributed by atoms with van der Waals surface area (Å²) in [4.78, 5) is 40.7. The maximum absolute atomic E-state index is 12.7. The number of benzene rings is 2. The number of carbonyl (C=O) groups is 3. The fraction of sp³-hybridized carbons (Fsp3) is 0.375. The molecule has 30 heavy (non-hydrogen) atoms. The van der Waals surface area contributed by atoms with Crippen LogP contribution in [0, 0.1) is 0 Å². The molecule has 0 spiro atoms. The Balaban J connectivity index is 1.47. The van der Waals surface area contributed by atoms with Gasteiger partial charge in [0.2, 0.25) is 0 Å². The molecular weight excluding hydrogens is 378 g/mol. The number of hydrogen-bond acceptors (Lipinski definition) is 4. The molecule has 3 rings (SSSR count). The first kappa shape index (κ1) is 21.7. The molecule has 0 aliphatic carbocycles. The Morgan fingerprint density at radius 2 is 1.70 bits per heavy atom. The van der Waals surface area contributed by atoms with Gasteiger partial charge >= 0.3 is 0 Å². The maximum Gasteiger partial charge on any atom is 0.261 e. The zero-order valence-electron chi connectivity index (χ0n) is 17.7. The van der Waals surface area contributed by atoms with E-state index < -0.39 is 0 Å². The Bertz CT molecular complexity index is 911. The molecule has 0 atom stereocenters. The molecule has 0 unspecified atom stereocenters. The van der Waals surface area contributed by atoms with Crippen molar-refractivity contribution in [3.05, 3.63) is 70.8 Å². The highest BCUT2D eigenvalue weighted by molar-refractivity contribution is 6.22. The molecule has 158 valence electrons. The standard InChI is InChI=1S/C24H29N3O3/c1-3-26(17-18-10-6-4-7-11-18)14-8-5-9-15-27-23(29)20-13-12-19(22(28)25-2)16-21(20)24(27)30/h4,6-7,10-13,16H,3,5,8-9,14-15,17H2,1-2H3,(H,25,28). The molecule has 0 aromatic heterocycles. The van der Waals surface area contributed by atoms with Gasteiger partial charge in [-0.05, 0) is 49.7 Å². The van der Waals surface area contributed by atoms with Gasteiger partial charge in [0.25, 0.3) is 17.7 Å². The highest BCUT2D eigenvalue weighted by atomic mass is 16.2. The predicted molar refractivity (Wildman–Crippen MR) is 116 cm³/mol. The molecule has 1 aliphatic rings. The second kappa shape index (κ2) is 10.2. The van der Waals surface area contributed by atoms with Crippen molar-refractivity contribution in [3.63, 3.8) is 0 Å². The first-order valence-electron chi connectivity index (χ1n) is 10.5. The molecule has 2 aromatic rings. The van der Waals surface area contributed by atoms with E-state index >= 15 is 0 Å². The summed E-state index contributed by atoms with van der Waals surface area (Å²) in [5, 5.41) is 2.53. The summed E-state index contributed by atoms with van der Waals surface area (Å²) in [6.07, 6.45) is 2.74. The third-order valence-corrected chi connectivity index (χ3v) is 5.51. The lowest BCUT2D eigenvalue weighted by molar-refractivity contribution is 0.0651. The van der Waals surface area contributed by atoms with Gasteiger partial charge in [0.15, 0.2) is 0 Å². The second-order valence-electron chi connectivity index (χ2n) is 7.52. The van der Waals surface area contributed by atoms with E-state index in [1.807, 2.05) is 6.07 Å². The predicted octanol–water partition coefficient (Wildman–Crippen LogP) is 3.33. The molecule has 0 saturated heterocycles. The van der Waals surface area contributed by atoms with Crippen LogP contribution in [0.4, 0.5) is 0 Å². The lowest BCUT2D eigenvalue weighted by Gasteiger charge is -2.20. The van der Waals surface area contributed by atoms with Crippen molar-refractivity contribution in [2.75, 3.05) is 26.7 Å². The van der Waals surface area contributed by atoms with E-state index in [9.17, 15) is 14.4 Å². The van der Waals surface area contributed by atoms with Crippen LogP contribution in [-0.2, 0) is 6.54 Å². The first-order valence-corrected chi connectivity index (χ1v) is 10.5. The molecule has 1 heterocycles. The van der Waals surface area contributed by atoms with E-state index in [4.69, 9.17) is 0 Å². The summed E-state index contributed by atoms with van der Waals surface area (Å²) in [7, 11) is 1.54. The minimum Gasteiger partial charge on any atom is -0.355 e. The van der Waals surface area contributed by atoms with Crippen LogP contribution in [0.25, 0.3) is 0 Å². The number of hydrogen-bond donors (Lipinski definition) is 1. The fourth-order valence-electron chi connectivity index (χ4n) is 3.75. The van der Waals surface area contributed by atoms with Gasteiger partial charge in [-0.2, -0.15) is 0 Å². The van der Waals surface area contributed by atoms with Gasteiger partial charge in [-0.3, -0.25) is 24.2 Å². The zero-order chi connectivity index (χ0) is 21.5. The lowest BCUT2D eigenvalue weighted by Crippen LogP contribution is -2.31. The van der Waals surface area contributed by atoms with Crippen molar-refractivity contribution >= 4 is 17.7 Å². The number of amides is 3. The Labute approximate surface area is 177 Å². The summed E-state index contributed by atoms with van der Waals surface area (Å²) >= 11 is 0.